The predicted octanol–water partition coefficient (Wildman–Crippen LogP) is -1.28. The first kappa shape index (κ1) is 24.2. The summed E-state index contributed by atoms with van der Waals surface area (Å²) >= 11 is 5.60. The number of hydrogen-bond donors (Lipinski definition) is 4. The van der Waals surface area contributed by atoms with Gasteiger partial charge in [0.2, 0.25) is 0 Å². The molecular formula is C20H27N7O6S. The molecule has 14 heteroatoms. The third-order valence-electron chi connectivity index (χ3n) is 6.08. The van der Waals surface area contributed by atoms with E-state index in [9.17, 15) is 19.8 Å². The van der Waals surface area contributed by atoms with Gasteiger partial charge in [-0.3, -0.25) is 14.2 Å². The van der Waals surface area contributed by atoms with E-state index in [4.69, 9.17) is 27.4 Å². The molecule has 2 saturated heterocycles. The van der Waals surface area contributed by atoms with Crippen LogP contribution in [0, 0.1) is 5.92 Å². The molecule has 2 aromatic heterocycles. The molecule has 4 heterocycles. The molecule has 4 rings (SSSR count). The molecule has 2 fully saturated rings. The van der Waals surface area contributed by atoms with E-state index in [0.717, 1.165) is 0 Å². The Balaban J connectivity index is 1.59. The summed E-state index contributed by atoms with van der Waals surface area (Å²) < 4.78 is 11.9. The van der Waals surface area contributed by atoms with Gasteiger partial charge in [-0.05, 0) is 19.8 Å². The lowest BCUT2D eigenvalue weighted by atomic mass is 9.97. The number of carbonyl (C=O) groups excluding carboxylic acids is 2. The van der Waals surface area contributed by atoms with Crippen molar-refractivity contribution in [1.82, 2.24) is 29.7 Å². The normalized spacial score (nSPS) is 25.5. The largest absolute Gasteiger partial charge is 0.469 e. The summed E-state index contributed by atoms with van der Waals surface area (Å²) in [6.07, 6.45) is -2.70. The number of methoxy groups -OCH3 is 1. The SMILES string of the molecule is CCNC(=O)[C@H]1O[C@@H](n2cnc3c(N)nc(C(=S)N4CCC(C(=O)OC)CC4)nc32)C(O)C1O. The van der Waals surface area contributed by atoms with Crippen molar-refractivity contribution >= 4 is 46.1 Å². The molecule has 0 spiro atoms. The molecule has 0 bridgehead atoms. The summed E-state index contributed by atoms with van der Waals surface area (Å²) in [7, 11) is 1.37. The molecule has 184 valence electrons. The number of aliphatic hydroxyl groups is 2. The zero-order valence-electron chi connectivity index (χ0n) is 18.7. The topological polar surface area (TPSA) is 178 Å². The van der Waals surface area contributed by atoms with Crippen LogP contribution in [0.3, 0.4) is 0 Å². The standard InChI is InChI=1S/C20H27N7O6S/c1-3-22-17(30)13-11(28)12(29)18(33-13)27-8-23-10-14(21)24-15(25-16(10)27)19(34)26-6-4-9(5-7-26)20(31)32-2/h8-9,11-13,18,28-29H,3-7H2,1-2H3,(H,22,30)(H2,21,24,25)/t11?,12?,13-,18+/m0/s1. The predicted molar refractivity (Wildman–Crippen MR) is 122 cm³/mol. The zero-order valence-corrected chi connectivity index (χ0v) is 19.6. The summed E-state index contributed by atoms with van der Waals surface area (Å²) in [5, 5.41) is 23.5. The quantitative estimate of drug-likeness (QED) is 0.287. The van der Waals surface area contributed by atoms with E-state index >= 15 is 0 Å². The minimum Gasteiger partial charge on any atom is -0.469 e. The number of imidazole rings is 1. The number of aliphatic hydroxyl groups excluding tert-OH is 2. The number of amides is 1. The highest BCUT2D eigenvalue weighted by Crippen LogP contribution is 2.32. The Hall–Kier alpha value is -2.94. The van der Waals surface area contributed by atoms with Gasteiger partial charge in [-0.1, -0.05) is 12.2 Å². The fourth-order valence-corrected chi connectivity index (χ4v) is 4.50. The summed E-state index contributed by atoms with van der Waals surface area (Å²) in [5.74, 6) is -0.679. The van der Waals surface area contributed by atoms with Crippen molar-refractivity contribution in [2.75, 3.05) is 32.5 Å². The van der Waals surface area contributed by atoms with Crippen molar-refractivity contribution in [3.05, 3.63) is 12.2 Å². The van der Waals surface area contributed by atoms with Crippen LogP contribution in [0.2, 0.25) is 0 Å². The molecule has 34 heavy (non-hydrogen) atoms. The van der Waals surface area contributed by atoms with Gasteiger partial charge in [-0.25, -0.2) is 15.0 Å². The van der Waals surface area contributed by atoms with Gasteiger partial charge < -0.3 is 35.6 Å². The van der Waals surface area contributed by atoms with E-state index in [0.29, 0.717) is 37.5 Å². The third-order valence-corrected chi connectivity index (χ3v) is 6.52. The Bertz CT molecular complexity index is 1100. The number of carbonyl (C=O) groups is 2. The molecule has 0 aromatic carbocycles. The second-order valence-electron chi connectivity index (χ2n) is 8.17. The Morgan fingerprint density at radius 1 is 1.29 bits per heavy atom. The number of piperidine rings is 1. The smallest absolute Gasteiger partial charge is 0.308 e. The summed E-state index contributed by atoms with van der Waals surface area (Å²) in [6.45, 7) is 3.15. The average molecular weight is 494 g/mol. The van der Waals surface area contributed by atoms with Crippen LogP contribution in [0.25, 0.3) is 11.2 Å². The van der Waals surface area contributed by atoms with Crippen LogP contribution >= 0.6 is 12.2 Å². The number of rotatable bonds is 5. The van der Waals surface area contributed by atoms with E-state index in [1.807, 2.05) is 4.90 Å². The molecule has 13 nitrogen and oxygen atoms in total. The molecule has 2 unspecified atom stereocenters. The number of anilines is 1. The maximum absolute atomic E-state index is 12.2. The lowest BCUT2D eigenvalue weighted by molar-refractivity contribution is -0.146. The van der Waals surface area contributed by atoms with Crippen molar-refractivity contribution in [2.45, 2.75) is 44.3 Å². The van der Waals surface area contributed by atoms with Gasteiger partial charge in [-0.15, -0.1) is 0 Å². The lowest BCUT2D eigenvalue weighted by Crippen LogP contribution is -2.42. The first-order valence-electron chi connectivity index (χ1n) is 10.9. The Morgan fingerprint density at radius 3 is 2.65 bits per heavy atom. The maximum Gasteiger partial charge on any atom is 0.308 e. The molecule has 0 aliphatic carbocycles. The Labute approximate surface area is 200 Å². The molecule has 0 saturated carbocycles. The van der Waals surface area contributed by atoms with E-state index in [2.05, 4.69) is 20.3 Å². The Morgan fingerprint density at radius 2 is 2.00 bits per heavy atom. The fourth-order valence-electron chi connectivity index (χ4n) is 4.23. The molecule has 5 N–H and O–H groups in total. The van der Waals surface area contributed by atoms with Crippen molar-refractivity contribution in [1.29, 1.82) is 0 Å². The first-order chi connectivity index (χ1) is 16.3. The second kappa shape index (κ2) is 9.74. The lowest BCUT2D eigenvalue weighted by Gasteiger charge is -2.32. The van der Waals surface area contributed by atoms with Crippen LogP contribution in [0.4, 0.5) is 5.82 Å². The van der Waals surface area contributed by atoms with Gasteiger partial charge in [0.25, 0.3) is 5.91 Å². The van der Waals surface area contributed by atoms with Crippen LogP contribution in [0.15, 0.2) is 6.33 Å². The highest BCUT2D eigenvalue weighted by molar-refractivity contribution is 7.80. The van der Waals surface area contributed by atoms with Gasteiger partial charge in [0.15, 0.2) is 29.6 Å². The monoisotopic (exact) mass is 493 g/mol. The number of nitrogens with one attached hydrogen (secondary N) is 1. The first-order valence-corrected chi connectivity index (χ1v) is 11.3. The summed E-state index contributed by atoms with van der Waals surface area (Å²) in [4.78, 5) is 39.3. The van der Waals surface area contributed by atoms with Crippen LogP contribution in [0.5, 0.6) is 0 Å². The number of nitrogens with two attached hydrogens (primary N) is 1. The van der Waals surface area contributed by atoms with E-state index in [-0.39, 0.29) is 34.7 Å². The van der Waals surface area contributed by atoms with Gasteiger partial charge in [-0.2, -0.15) is 0 Å². The molecule has 2 aromatic rings. The number of nitrogen functional groups attached to an aromatic ring is 1. The maximum atomic E-state index is 12.2. The summed E-state index contributed by atoms with van der Waals surface area (Å²) in [6, 6.07) is 0. The third kappa shape index (κ3) is 4.29. The van der Waals surface area contributed by atoms with Crippen LogP contribution in [-0.2, 0) is 19.1 Å². The number of esters is 1. The number of hydrogen-bond acceptors (Lipinski definition) is 11. The molecule has 0 radical (unpaired) electrons. The highest BCUT2D eigenvalue weighted by Gasteiger charge is 2.47. The van der Waals surface area contributed by atoms with Crippen molar-refractivity contribution in [3.63, 3.8) is 0 Å². The average Bonchev–Trinajstić information content (AvgIpc) is 3.39. The number of nitrogens with zero attached hydrogens (tertiary/aromatic N) is 5. The van der Waals surface area contributed by atoms with Crippen molar-refractivity contribution in [3.8, 4) is 0 Å². The molecule has 1 amide bonds. The fraction of sp³-hybridized carbons (Fsp3) is 0.600. The number of fused-ring (bicyclic) bond motifs is 1. The van der Waals surface area contributed by atoms with Crippen molar-refractivity contribution < 1.29 is 29.3 Å². The van der Waals surface area contributed by atoms with E-state index in [1.54, 1.807) is 6.92 Å². The number of likely N-dealkylation sites (N-methyl/N-ethyl adjacent to an activating group) is 1. The van der Waals surface area contributed by atoms with Gasteiger partial charge in [0.05, 0.1) is 19.4 Å². The van der Waals surface area contributed by atoms with Crippen LogP contribution in [-0.4, -0.2) is 96.6 Å². The van der Waals surface area contributed by atoms with Gasteiger partial charge in [0, 0.05) is 19.6 Å². The molecule has 4 atom stereocenters. The molecule has 2 aliphatic heterocycles. The van der Waals surface area contributed by atoms with Crippen molar-refractivity contribution in [2.24, 2.45) is 5.92 Å². The Kier molecular flexibility index (Phi) is 6.93. The number of ether oxygens (including phenoxy) is 2. The number of thiocarbonyl (C=S) groups is 1. The number of likely N-dealkylation sites (tertiary alicyclic amines) is 1. The minimum absolute atomic E-state index is 0.0823. The summed E-state index contributed by atoms with van der Waals surface area (Å²) in [5.41, 5.74) is 6.61. The van der Waals surface area contributed by atoms with Gasteiger partial charge >= 0.3 is 5.97 Å². The molecular weight excluding hydrogens is 466 g/mol. The van der Waals surface area contributed by atoms with Crippen LogP contribution in [0.1, 0.15) is 31.8 Å². The highest BCUT2D eigenvalue weighted by atomic mass is 32.1. The minimum atomic E-state index is -1.44. The molecule has 2 aliphatic rings. The van der Waals surface area contributed by atoms with Gasteiger partial charge in [0.1, 0.15) is 22.7 Å². The van der Waals surface area contributed by atoms with Crippen LogP contribution < -0.4 is 11.1 Å². The second-order valence-corrected chi connectivity index (χ2v) is 8.56. The zero-order chi connectivity index (χ0) is 24.6. The number of aromatic nitrogens is 4. The van der Waals surface area contributed by atoms with E-state index in [1.165, 1.54) is 18.0 Å². The van der Waals surface area contributed by atoms with E-state index < -0.39 is 30.4 Å².